The van der Waals surface area contributed by atoms with E-state index in [9.17, 15) is 9.90 Å². The molecule has 3 aliphatic heterocycles. The van der Waals surface area contributed by atoms with Crippen LogP contribution in [0.2, 0.25) is 0 Å². The fraction of sp³-hybridized carbons (Fsp3) is 0.111. The highest BCUT2D eigenvalue weighted by Crippen LogP contribution is 2.60. The van der Waals surface area contributed by atoms with Crippen molar-refractivity contribution in [3.63, 3.8) is 0 Å². The monoisotopic (exact) mass is 435 g/mol. The van der Waals surface area contributed by atoms with E-state index < -0.39 is 11.2 Å². The highest BCUT2D eigenvalue weighted by Gasteiger charge is 2.58. The first kappa shape index (κ1) is 18.6. The largest absolute Gasteiger partial charge is 0.507 e. The third-order valence-electron chi connectivity index (χ3n) is 6.82. The first-order valence-electron chi connectivity index (χ1n) is 10.7. The van der Waals surface area contributed by atoms with Gasteiger partial charge in [-0.2, -0.15) is 0 Å². The molecule has 2 aliphatic carbocycles. The van der Waals surface area contributed by atoms with Crippen molar-refractivity contribution in [3.8, 4) is 17.2 Å². The summed E-state index contributed by atoms with van der Waals surface area (Å²) >= 11 is 0. The van der Waals surface area contributed by atoms with Crippen molar-refractivity contribution in [2.24, 2.45) is 0 Å². The molecule has 8 rings (SSSR count). The van der Waals surface area contributed by atoms with E-state index in [1.807, 2.05) is 55.5 Å². The molecule has 5 aliphatic rings. The smallest absolute Gasteiger partial charge is 0.183 e. The van der Waals surface area contributed by atoms with Gasteiger partial charge >= 0.3 is 0 Å². The van der Waals surface area contributed by atoms with Gasteiger partial charge < -0.3 is 9.52 Å². The van der Waals surface area contributed by atoms with Crippen molar-refractivity contribution in [1.82, 2.24) is 4.98 Å². The molecule has 3 heterocycles. The molecule has 160 valence electrons. The molecule has 0 amide bonds. The van der Waals surface area contributed by atoms with E-state index in [0.717, 1.165) is 22.3 Å². The SMILES string of the molecule is CC12OOC(c3cc4nc5ccc(=O)cc-5oc4cc3O)(c3ccccc31)c1ccccc12. The summed E-state index contributed by atoms with van der Waals surface area (Å²) in [4.78, 5) is 28.6. The number of hydrogen-bond donors (Lipinski definition) is 1. The fourth-order valence-corrected chi connectivity index (χ4v) is 5.29. The molecular weight excluding hydrogens is 418 g/mol. The molecule has 0 radical (unpaired) electrons. The van der Waals surface area contributed by atoms with Gasteiger partial charge in [-0.05, 0) is 36.2 Å². The molecule has 33 heavy (non-hydrogen) atoms. The highest BCUT2D eigenvalue weighted by atomic mass is 17.2. The van der Waals surface area contributed by atoms with E-state index in [-0.39, 0.29) is 11.2 Å². The molecule has 3 aromatic rings. The Morgan fingerprint density at radius 1 is 0.788 bits per heavy atom. The van der Waals surface area contributed by atoms with E-state index in [0.29, 0.717) is 28.1 Å². The minimum absolute atomic E-state index is 0.0237. The number of phenols is 1. The van der Waals surface area contributed by atoms with Crippen LogP contribution >= 0.6 is 0 Å². The minimum atomic E-state index is -1.18. The molecule has 6 nitrogen and oxygen atoms in total. The Hall–Kier alpha value is -4.00. The van der Waals surface area contributed by atoms with Crippen LogP contribution in [0.25, 0.3) is 22.6 Å². The number of benzene rings is 4. The molecular formula is C27H17NO5. The van der Waals surface area contributed by atoms with Crippen LogP contribution in [0.15, 0.2) is 88.1 Å². The van der Waals surface area contributed by atoms with E-state index >= 15 is 0 Å². The second kappa shape index (κ2) is 6.07. The lowest BCUT2D eigenvalue weighted by Gasteiger charge is -2.52. The standard InChI is InChI=1S/C27H17NO5/c1-26-16-6-2-4-8-18(16)27(33-32-26,19-9-5-3-7-17(19)26)20-13-22-25(14-23(20)30)31-24-12-15(29)10-11-21(24)28-22/h2-14,30H,1H3. The molecule has 0 saturated heterocycles. The van der Waals surface area contributed by atoms with Crippen molar-refractivity contribution in [2.75, 3.05) is 0 Å². The molecule has 0 unspecified atom stereocenters. The number of rotatable bonds is 1. The van der Waals surface area contributed by atoms with Gasteiger partial charge in [-0.15, -0.1) is 0 Å². The lowest BCUT2D eigenvalue weighted by atomic mass is 9.65. The average molecular weight is 435 g/mol. The summed E-state index contributed by atoms with van der Waals surface area (Å²) in [6, 6.07) is 23.7. The fourth-order valence-electron chi connectivity index (χ4n) is 5.29. The Morgan fingerprint density at radius 3 is 2.15 bits per heavy atom. The Morgan fingerprint density at radius 2 is 1.45 bits per heavy atom. The van der Waals surface area contributed by atoms with E-state index in [2.05, 4.69) is 4.98 Å². The molecule has 0 aromatic heterocycles. The van der Waals surface area contributed by atoms with Gasteiger partial charge in [-0.3, -0.25) is 4.79 Å². The first-order valence-corrected chi connectivity index (χ1v) is 10.7. The van der Waals surface area contributed by atoms with Crippen LogP contribution in [0.1, 0.15) is 34.7 Å². The molecule has 0 saturated carbocycles. The average Bonchev–Trinajstić information content (AvgIpc) is 2.83. The van der Waals surface area contributed by atoms with Crippen LogP contribution < -0.4 is 5.43 Å². The van der Waals surface area contributed by atoms with Crippen LogP contribution in [0.4, 0.5) is 0 Å². The Labute approximate surface area is 187 Å². The van der Waals surface area contributed by atoms with Gasteiger partial charge in [0.2, 0.25) is 0 Å². The highest BCUT2D eigenvalue weighted by molar-refractivity contribution is 5.81. The lowest BCUT2D eigenvalue weighted by molar-refractivity contribution is -0.415. The molecule has 2 bridgehead atoms. The molecule has 0 atom stereocenters. The maximum Gasteiger partial charge on any atom is 0.183 e. The van der Waals surface area contributed by atoms with Crippen LogP contribution in [-0.2, 0) is 21.0 Å². The maximum atomic E-state index is 11.7. The summed E-state index contributed by atoms with van der Waals surface area (Å²) in [5.41, 5.74) is 3.60. The summed E-state index contributed by atoms with van der Waals surface area (Å²) in [6.45, 7) is 1.99. The summed E-state index contributed by atoms with van der Waals surface area (Å²) in [6.07, 6.45) is 0. The number of hydrogen-bond acceptors (Lipinski definition) is 6. The number of aromatic hydroxyl groups is 1. The molecule has 0 fully saturated rings. The minimum Gasteiger partial charge on any atom is -0.507 e. The van der Waals surface area contributed by atoms with Gasteiger partial charge in [0, 0.05) is 28.8 Å². The van der Waals surface area contributed by atoms with Gasteiger partial charge in [0.15, 0.2) is 28.0 Å². The lowest BCUT2D eigenvalue weighted by Crippen LogP contribution is -2.51. The quantitative estimate of drug-likeness (QED) is 0.300. The Kier molecular flexibility index (Phi) is 3.41. The number of fused-ring (bicyclic) bond motifs is 3. The Bertz CT molecular complexity index is 1590. The van der Waals surface area contributed by atoms with Crippen molar-refractivity contribution < 1.29 is 19.3 Å². The normalized spacial score (nSPS) is 22.9. The summed E-state index contributed by atoms with van der Waals surface area (Å²) in [5.74, 6) is 0.339. The van der Waals surface area contributed by atoms with Gasteiger partial charge in [0.05, 0.1) is 0 Å². The van der Waals surface area contributed by atoms with E-state index in [1.165, 1.54) is 18.2 Å². The van der Waals surface area contributed by atoms with Crippen LogP contribution in [-0.4, -0.2) is 10.1 Å². The zero-order valence-electron chi connectivity index (χ0n) is 17.5. The summed E-state index contributed by atoms with van der Waals surface area (Å²) in [5, 5.41) is 11.2. The number of phenolic OH excluding ortho intramolecular Hbond substituents is 1. The van der Waals surface area contributed by atoms with E-state index in [4.69, 9.17) is 14.2 Å². The van der Waals surface area contributed by atoms with Gasteiger partial charge in [0.1, 0.15) is 17.0 Å². The number of aromatic nitrogens is 1. The van der Waals surface area contributed by atoms with Crippen LogP contribution in [0.3, 0.4) is 0 Å². The van der Waals surface area contributed by atoms with Gasteiger partial charge in [-0.1, -0.05) is 48.5 Å². The van der Waals surface area contributed by atoms with E-state index in [1.54, 1.807) is 12.1 Å². The summed E-state index contributed by atoms with van der Waals surface area (Å²) in [7, 11) is 0. The van der Waals surface area contributed by atoms with Gasteiger partial charge in [-0.25, -0.2) is 14.8 Å². The molecule has 6 heteroatoms. The van der Waals surface area contributed by atoms with Crippen molar-refractivity contribution in [3.05, 3.63) is 117 Å². The zero-order chi connectivity index (χ0) is 22.4. The van der Waals surface area contributed by atoms with Crippen LogP contribution in [0, 0.1) is 0 Å². The maximum absolute atomic E-state index is 11.7. The third-order valence-corrected chi connectivity index (χ3v) is 6.82. The summed E-state index contributed by atoms with van der Waals surface area (Å²) < 4.78 is 5.89. The van der Waals surface area contributed by atoms with Crippen LogP contribution in [0.5, 0.6) is 5.75 Å². The molecule has 3 aromatic carbocycles. The topological polar surface area (TPSA) is 81.8 Å². The van der Waals surface area contributed by atoms with Crippen molar-refractivity contribution >= 4 is 11.1 Å². The van der Waals surface area contributed by atoms with Crippen molar-refractivity contribution in [2.45, 2.75) is 18.1 Å². The predicted octanol–water partition coefficient (Wildman–Crippen LogP) is 4.83. The van der Waals surface area contributed by atoms with Crippen molar-refractivity contribution in [1.29, 1.82) is 0 Å². The second-order valence-electron chi connectivity index (χ2n) is 8.65. The molecule has 1 N–H and O–H groups in total. The third kappa shape index (κ3) is 2.24. The Balaban J connectivity index is 1.58. The first-order chi connectivity index (χ1) is 16.0. The number of nitrogens with zero attached hydrogens (tertiary/aromatic N) is 1. The zero-order valence-corrected chi connectivity index (χ0v) is 17.5. The van der Waals surface area contributed by atoms with Gasteiger partial charge in [0.25, 0.3) is 0 Å². The second-order valence-corrected chi connectivity index (χ2v) is 8.65. The predicted molar refractivity (Wildman–Crippen MR) is 120 cm³/mol. The molecule has 0 spiro atoms.